The first-order chi connectivity index (χ1) is 14.1. The number of carbonyl (C=O) groups excluding carboxylic acids is 1. The molecule has 1 saturated carbocycles. The lowest BCUT2D eigenvalue weighted by molar-refractivity contribution is 0.0953. The van der Waals surface area contributed by atoms with Crippen LogP contribution in [-0.2, 0) is 6.42 Å². The smallest absolute Gasteiger partial charge is 0.252 e. The van der Waals surface area contributed by atoms with E-state index in [0.29, 0.717) is 12.1 Å². The van der Waals surface area contributed by atoms with Gasteiger partial charge in [-0.25, -0.2) is 4.98 Å². The van der Waals surface area contributed by atoms with E-state index in [2.05, 4.69) is 25.3 Å². The molecule has 7 nitrogen and oxygen atoms in total. The van der Waals surface area contributed by atoms with Crippen molar-refractivity contribution >= 4 is 11.7 Å². The molecule has 2 fully saturated rings. The molecule has 2 aromatic heterocycles. The van der Waals surface area contributed by atoms with Crippen molar-refractivity contribution in [2.45, 2.75) is 39.5 Å². The topological polar surface area (TPSA) is 74.5 Å². The molecule has 1 saturated heterocycles. The van der Waals surface area contributed by atoms with Crippen molar-refractivity contribution in [2.75, 3.05) is 44.2 Å². The van der Waals surface area contributed by atoms with Gasteiger partial charge in [0.2, 0.25) is 0 Å². The molecule has 7 heteroatoms. The van der Waals surface area contributed by atoms with Gasteiger partial charge in [-0.2, -0.15) is 0 Å². The van der Waals surface area contributed by atoms with E-state index in [-0.39, 0.29) is 5.91 Å². The van der Waals surface area contributed by atoms with Crippen LogP contribution in [0.1, 0.15) is 46.6 Å². The van der Waals surface area contributed by atoms with Gasteiger partial charge >= 0.3 is 0 Å². The molecule has 0 spiro atoms. The second-order valence-corrected chi connectivity index (χ2v) is 8.30. The molecule has 1 N–H and O–H groups in total. The average molecular weight is 398 g/mol. The highest BCUT2D eigenvalue weighted by Crippen LogP contribution is 2.30. The fourth-order valence-electron chi connectivity index (χ4n) is 3.96. The van der Waals surface area contributed by atoms with Gasteiger partial charge in [0.15, 0.2) is 0 Å². The maximum absolute atomic E-state index is 12.4. The molecule has 0 atom stereocenters. The summed E-state index contributed by atoms with van der Waals surface area (Å²) in [5.74, 6) is 2.70. The molecule has 0 bridgehead atoms. The third-order valence-corrected chi connectivity index (χ3v) is 5.99. The Labute approximate surface area is 172 Å². The molecule has 0 radical (unpaired) electrons. The van der Waals surface area contributed by atoms with Gasteiger partial charge in [-0.3, -0.25) is 9.69 Å². The second kappa shape index (κ2) is 8.95. The lowest BCUT2D eigenvalue weighted by Gasteiger charge is -2.35. The minimum absolute atomic E-state index is 0.0722. The maximum atomic E-state index is 12.4. The van der Waals surface area contributed by atoms with Crippen molar-refractivity contribution < 1.29 is 9.32 Å². The number of hydrogen-bond donors (Lipinski definition) is 1. The Morgan fingerprint density at radius 2 is 2.00 bits per heavy atom. The standard InChI is InChI=1S/C22H31N5O2/c1-16-20(17(2)29-25-16)4-3-9-23-22(28)19-7-8-21(24-14-19)27-12-10-26(11-13-27)15-18-5-6-18/h7-8,14,18H,3-6,9-13,15H2,1-2H3,(H,23,28). The Kier molecular flexibility index (Phi) is 6.13. The highest BCUT2D eigenvalue weighted by atomic mass is 16.5. The van der Waals surface area contributed by atoms with Gasteiger partial charge in [0, 0.05) is 51.0 Å². The van der Waals surface area contributed by atoms with Gasteiger partial charge in [0.1, 0.15) is 11.6 Å². The zero-order valence-corrected chi connectivity index (χ0v) is 17.5. The summed E-state index contributed by atoms with van der Waals surface area (Å²) >= 11 is 0. The van der Waals surface area contributed by atoms with E-state index < -0.39 is 0 Å². The maximum Gasteiger partial charge on any atom is 0.252 e. The number of nitrogens with one attached hydrogen (secondary N) is 1. The number of nitrogens with zero attached hydrogens (tertiary/aromatic N) is 4. The van der Waals surface area contributed by atoms with Gasteiger partial charge in [-0.1, -0.05) is 5.16 Å². The van der Waals surface area contributed by atoms with E-state index >= 15 is 0 Å². The van der Waals surface area contributed by atoms with Crippen molar-refractivity contribution in [3.63, 3.8) is 0 Å². The van der Waals surface area contributed by atoms with Crippen LogP contribution in [0.2, 0.25) is 0 Å². The number of anilines is 1. The summed E-state index contributed by atoms with van der Waals surface area (Å²) < 4.78 is 5.18. The van der Waals surface area contributed by atoms with Crippen molar-refractivity contribution in [1.29, 1.82) is 0 Å². The number of aryl methyl sites for hydroxylation is 2. The van der Waals surface area contributed by atoms with Crippen LogP contribution in [0.5, 0.6) is 0 Å². The van der Waals surface area contributed by atoms with Gasteiger partial charge in [0.05, 0.1) is 11.3 Å². The first-order valence-electron chi connectivity index (χ1n) is 10.7. The normalized spacial score (nSPS) is 17.5. The number of aromatic nitrogens is 2. The van der Waals surface area contributed by atoms with E-state index in [0.717, 1.165) is 67.8 Å². The molecule has 0 aromatic carbocycles. The largest absolute Gasteiger partial charge is 0.361 e. The highest BCUT2D eigenvalue weighted by Gasteiger charge is 2.26. The zero-order chi connectivity index (χ0) is 20.2. The van der Waals surface area contributed by atoms with Crippen LogP contribution in [0.3, 0.4) is 0 Å². The molecule has 156 valence electrons. The van der Waals surface area contributed by atoms with Crippen molar-refractivity contribution in [2.24, 2.45) is 5.92 Å². The number of amides is 1. The third kappa shape index (κ3) is 5.15. The minimum Gasteiger partial charge on any atom is -0.361 e. The fraction of sp³-hybridized carbons (Fsp3) is 0.591. The van der Waals surface area contributed by atoms with Crippen LogP contribution in [0.25, 0.3) is 0 Å². The van der Waals surface area contributed by atoms with E-state index in [1.165, 1.54) is 19.4 Å². The number of piperazine rings is 1. The van der Waals surface area contributed by atoms with Gasteiger partial charge in [-0.05, 0) is 57.6 Å². The summed E-state index contributed by atoms with van der Waals surface area (Å²) in [6.07, 6.45) is 6.21. The second-order valence-electron chi connectivity index (χ2n) is 8.30. The molecular weight excluding hydrogens is 366 g/mol. The van der Waals surface area contributed by atoms with E-state index in [9.17, 15) is 4.79 Å². The molecule has 1 amide bonds. The molecule has 2 aromatic rings. The molecule has 1 aliphatic carbocycles. The zero-order valence-electron chi connectivity index (χ0n) is 17.5. The quantitative estimate of drug-likeness (QED) is 0.690. The SMILES string of the molecule is Cc1noc(C)c1CCCNC(=O)c1ccc(N2CCN(CC3CC3)CC2)nc1. The summed E-state index contributed by atoms with van der Waals surface area (Å²) in [5, 5.41) is 6.95. The Hall–Kier alpha value is -2.41. The highest BCUT2D eigenvalue weighted by molar-refractivity contribution is 5.94. The van der Waals surface area contributed by atoms with Gasteiger partial charge in [0.25, 0.3) is 5.91 Å². The van der Waals surface area contributed by atoms with Crippen molar-refractivity contribution in [3.8, 4) is 0 Å². The predicted octanol–water partition coefficient (Wildman–Crippen LogP) is 2.58. The average Bonchev–Trinajstić information content (AvgIpc) is 3.50. The van der Waals surface area contributed by atoms with Crippen LogP contribution < -0.4 is 10.2 Å². The Morgan fingerprint density at radius 3 is 2.62 bits per heavy atom. The summed E-state index contributed by atoms with van der Waals surface area (Å²) in [6.45, 7) is 9.97. The molecule has 3 heterocycles. The number of pyridine rings is 1. The van der Waals surface area contributed by atoms with Crippen LogP contribution in [0.15, 0.2) is 22.9 Å². The number of hydrogen-bond acceptors (Lipinski definition) is 6. The lowest BCUT2D eigenvalue weighted by Crippen LogP contribution is -2.47. The Balaban J connectivity index is 1.20. The van der Waals surface area contributed by atoms with Crippen molar-refractivity contribution in [3.05, 3.63) is 40.9 Å². The van der Waals surface area contributed by atoms with Crippen molar-refractivity contribution in [1.82, 2.24) is 20.4 Å². The van der Waals surface area contributed by atoms with E-state index in [1.807, 2.05) is 26.0 Å². The lowest BCUT2D eigenvalue weighted by atomic mass is 10.1. The van der Waals surface area contributed by atoms with Crippen LogP contribution in [0, 0.1) is 19.8 Å². The molecule has 0 unspecified atom stereocenters. The predicted molar refractivity (Wildman–Crippen MR) is 112 cm³/mol. The van der Waals surface area contributed by atoms with Crippen LogP contribution in [-0.4, -0.2) is 60.2 Å². The first kappa shape index (κ1) is 19.9. The van der Waals surface area contributed by atoms with Crippen LogP contribution >= 0.6 is 0 Å². The van der Waals surface area contributed by atoms with E-state index in [4.69, 9.17) is 4.52 Å². The minimum atomic E-state index is -0.0722. The van der Waals surface area contributed by atoms with Gasteiger partial charge < -0.3 is 14.7 Å². The summed E-state index contributed by atoms with van der Waals surface area (Å²) in [7, 11) is 0. The number of rotatable bonds is 8. The summed E-state index contributed by atoms with van der Waals surface area (Å²) in [6, 6.07) is 3.85. The molecule has 1 aliphatic heterocycles. The molecule has 4 rings (SSSR count). The fourth-order valence-corrected chi connectivity index (χ4v) is 3.96. The third-order valence-electron chi connectivity index (χ3n) is 5.99. The molecular formula is C22H31N5O2. The van der Waals surface area contributed by atoms with Crippen LogP contribution in [0.4, 0.5) is 5.82 Å². The van der Waals surface area contributed by atoms with Gasteiger partial charge in [-0.15, -0.1) is 0 Å². The molecule has 2 aliphatic rings. The number of carbonyl (C=O) groups is 1. The Bertz CT molecular complexity index is 801. The Morgan fingerprint density at radius 1 is 1.21 bits per heavy atom. The summed E-state index contributed by atoms with van der Waals surface area (Å²) in [5.41, 5.74) is 2.68. The first-order valence-corrected chi connectivity index (χ1v) is 10.7. The summed E-state index contributed by atoms with van der Waals surface area (Å²) in [4.78, 5) is 21.8. The van der Waals surface area contributed by atoms with E-state index in [1.54, 1.807) is 6.20 Å². The molecule has 29 heavy (non-hydrogen) atoms. The monoisotopic (exact) mass is 397 g/mol.